The minimum Gasteiger partial charge on any atom is -0.384 e. The first kappa shape index (κ1) is 9.39. The Morgan fingerprint density at radius 1 is 1.00 bits per heavy atom. The maximum atomic E-state index is 13.4. The van der Waals surface area contributed by atoms with Gasteiger partial charge in [-0.15, -0.1) is 0 Å². The van der Waals surface area contributed by atoms with Crippen molar-refractivity contribution in [1.82, 2.24) is 9.97 Å². The first-order chi connectivity index (χ1) is 7.16. The van der Waals surface area contributed by atoms with Crippen molar-refractivity contribution in [2.24, 2.45) is 0 Å². The van der Waals surface area contributed by atoms with Crippen LogP contribution in [-0.4, -0.2) is 9.97 Å². The first-order valence-electron chi connectivity index (χ1n) is 4.32. The van der Waals surface area contributed by atoms with E-state index in [2.05, 4.69) is 9.97 Å². The van der Waals surface area contributed by atoms with Gasteiger partial charge >= 0.3 is 0 Å². The summed E-state index contributed by atoms with van der Waals surface area (Å²) in [6.07, 6.45) is 0. The second-order valence-electron chi connectivity index (χ2n) is 3.02. The fraction of sp³-hybridized carbons (Fsp3) is 0. The van der Waals surface area contributed by atoms with Crippen molar-refractivity contribution in [2.45, 2.75) is 0 Å². The van der Waals surface area contributed by atoms with Gasteiger partial charge in [-0.05, 0) is 12.1 Å². The van der Waals surface area contributed by atoms with Gasteiger partial charge in [-0.3, -0.25) is 0 Å². The molecular weight excluding hydrogens is 195 g/mol. The summed E-state index contributed by atoms with van der Waals surface area (Å²) in [4.78, 5) is 7.82. The molecule has 0 bridgehead atoms. The molecule has 15 heavy (non-hydrogen) atoms. The van der Waals surface area contributed by atoms with Crippen molar-refractivity contribution in [3.63, 3.8) is 0 Å². The Hall–Kier alpha value is -2.17. The Labute approximate surface area is 85.8 Å². The van der Waals surface area contributed by atoms with E-state index in [0.29, 0.717) is 0 Å². The molecule has 0 atom stereocenters. The van der Waals surface area contributed by atoms with Crippen LogP contribution in [0, 0.1) is 5.82 Å². The Morgan fingerprint density at radius 2 is 1.60 bits per heavy atom. The minimum absolute atomic E-state index is 0.200. The Morgan fingerprint density at radius 3 is 2.20 bits per heavy atom. The summed E-state index contributed by atoms with van der Waals surface area (Å²) in [7, 11) is 0. The molecule has 0 aliphatic rings. The highest BCUT2D eigenvalue weighted by atomic mass is 19.1. The van der Waals surface area contributed by atoms with E-state index in [1.807, 2.05) is 0 Å². The molecule has 0 aliphatic carbocycles. The molecular formula is C10H9FN4. The highest BCUT2D eigenvalue weighted by molar-refractivity contribution is 5.60. The molecule has 0 aliphatic heterocycles. The van der Waals surface area contributed by atoms with Crippen molar-refractivity contribution < 1.29 is 4.39 Å². The number of hydrogen-bond acceptors (Lipinski definition) is 4. The van der Waals surface area contributed by atoms with Crippen LogP contribution in [-0.2, 0) is 0 Å². The number of rotatable bonds is 1. The molecule has 1 aromatic heterocycles. The highest BCUT2D eigenvalue weighted by Crippen LogP contribution is 2.20. The number of benzene rings is 1. The van der Waals surface area contributed by atoms with Gasteiger partial charge < -0.3 is 11.5 Å². The number of hydrogen-bond donors (Lipinski definition) is 2. The topological polar surface area (TPSA) is 77.8 Å². The maximum absolute atomic E-state index is 13.4. The van der Waals surface area contributed by atoms with Crippen molar-refractivity contribution >= 4 is 11.6 Å². The zero-order chi connectivity index (χ0) is 10.8. The molecule has 0 amide bonds. The van der Waals surface area contributed by atoms with Crippen LogP contribution < -0.4 is 11.5 Å². The number of anilines is 2. The van der Waals surface area contributed by atoms with Crippen LogP contribution in [0.3, 0.4) is 0 Å². The second kappa shape index (κ2) is 3.53. The van der Waals surface area contributed by atoms with E-state index >= 15 is 0 Å². The standard InChI is InChI=1S/C10H9FN4/c11-7-4-2-1-3-6(7)10-14-8(12)5-9(13)15-10/h1-5H,(H4,12,13,14,15). The smallest absolute Gasteiger partial charge is 0.166 e. The monoisotopic (exact) mass is 204 g/mol. The van der Waals surface area contributed by atoms with Gasteiger partial charge in [0.1, 0.15) is 17.5 Å². The van der Waals surface area contributed by atoms with Gasteiger partial charge in [-0.1, -0.05) is 12.1 Å². The van der Waals surface area contributed by atoms with Crippen LogP contribution in [0.2, 0.25) is 0 Å². The van der Waals surface area contributed by atoms with Crippen molar-refractivity contribution in [3.8, 4) is 11.4 Å². The van der Waals surface area contributed by atoms with Crippen LogP contribution in [0.4, 0.5) is 16.0 Å². The lowest BCUT2D eigenvalue weighted by molar-refractivity contribution is 0.630. The summed E-state index contributed by atoms with van der Waals surface area (Å²) < 4.78 is 13.4. The largest absolute Gasteiger partial charge is 0.384 e. The van der Waals surface area contributed by atoms with E-state index in [1.54, 1.807) is 18.2 Å². The molecule has 1 heterocycles. The number of nitrogens with two attached hydrogens (primary N) is 2. The van der Waals surface area contributed by atoms with Crippen LogP contribution >= 0.6 is 0 Å². The van der Waals surface area contributed by atoms with Gasteiger partial charge in [0, 0.05) is 6.07 Å². The zero-order valence-electron chi connectivity index (χ0n) is 7.81. The van der Waals surface area contributed by atoms with Crippen molar-refractivity contribution in [3.05, 3.63) is 36.1 Å². The normalized spacial score (nSPS) is 10.2. The second-order valence-corrected chi connectivity index (χ2v) is 3.02. The van der Waals surface area contributed by atoms with E-state index in [1.165, 1.54) is 12.1 Å². The van der Waals surface area contributed by atoms with Gasteiger partial charge in [-0.25, -0.2) is 14.4 Å². The van der Waals surface area contributed by atoms with E-state index in [4.69, 9.17) is 11.5 Å². The third-order valence-corrected chi connectivity index (χ3v) is 1.88. The van der Waals surface area contributed by atoms with E-state index < -0.39 is 5.82 Å². The third-order valence-electron chi connectivity index (χ3n) is 1.88. The van der Waals surface area contributed by atoms with Gasteiger partial charge in [0.25, 0.3) is 0 Å². The first-order valence-corrected chi connectivity index (χ1v) is 4.32. The molecule has 0 saturated heterocycles. The fourth-order valence-corrected chi connectivity index (χ4v) is 1.25. The Kier molecular flexibility index (Phi) is 2.21. The van der Waals surface area contributed by atoms with Crippen LogP contribution in [0.5, 0.6) is 0 Å². The Bertz CT molecular complexity index is 478. The summed E-state index contributed by atoms with van der Waals surface area (Å²) in [5.41, 5.74) is 11.3. The number of aromatic nitrogens is 2. The molecule has 76 valence electrons. The molecule has 0 saturated carbocycles. The molecule has 4 nitrogen and oxygen atoms in total. The van der Waals surface area contributed by atoms with Crippen molar-refractivity contribution in [2.75, 3.05) is 11.5 Å². The summed E-state index contributed by atoms with van der Waals surface area (Å²) >= 11 is 0. The molecule has 0 fully saturated rings. The van der Waals surface area contributed by atoms with Gasteiger partial charge in [0.05, 0.1) is 5.56 Å². The molecule has 2 rings (SSSR count). The number of nitrogens with zero attached hydrogens (tertiary/aromatic N) is 2. The molecule has 4 N–H and O–H groups in total. The SMILES string of the molecule is Nc1cc(N)nc(-c2ccccc2F)n1. The van der Waals surface area contributed by atoms with E-state index in [9.17, 15) is 4.39 Å². The van der Waals surface area contributed by atoms with E-state index in [0.717, 1.165) is 0 Å². The van der Waals surface area contributed by atoms with Crippen LogP contribution in [0.1, 0.15) is 0 Å². The summed E-state index contributed by atoms with van der Waals surface area (Å²) in [5, 5.41) is 0. The third kappa shape index (κ3) is 1.85. The van der Waals surface area contributed by atoms with Gasteiger partial charge in [0.2, 0.25) is 0 Å². The molecule has 5 heteroatoms. The molecule has 0 radical (unpaired) electrons. The average molecular weight is 204 g/mol. The van der Waals surface area contributed by atoms with Crippen molar-refractivity contribution in [1.29, 1.82) is 0 Å². The van der Waals surface area contributed by atoms with Gasteiger partial charge in [-0.2, -0.15) is 0 Å². The summed E-state index contributed by atoms with van der Waals surface area (Å²) in [5.74, 6) is 0.245. The zero-order valence-corrected chi connectivity index (χ0v) is 7.81. The predicted molar refractivity (Wildman–Crippen MR) is 56.3 cm³/mol. The average Bonchev–Trinajstić information content (AvgIpc) is 2.16. The van der Waals surface area contributed by atoms with Crippen LogP contribution in [0.25, 0.3) is 11.4 Å². The summed E-state index contributed by atoms with van der Waals surface area (Å²) in [6, 6.07) is 7.61. The van der Waals surface area contributed by atoms with E-state index in [-0.39, 0.29) is 23.0 Å². The van der Waals surface area contributed by atoms with Gasteiger partial charge in [0.15, 0.2) is 5.82 Å². The quantitative estimate of drug-likeness (QED) is 0.736. The minimum atomic E-state index is -0.400. The highest BCUT2D eigenvalue weighted by Gasteiger charge is 2.08. The summed E-state index contributed by atoms with van der Waals surface area (Å²) in [6.45, 7) is 0. The molecule has 0 spiro atoms. The lowest BCUT2D eigenvalue weighted by Gasteiger charge is -2.03. The number of nitrogen functional groups attached to an aromatic ring is 2. The lowest BCUT2D eigenvalue weighted by Crippen LogP contribution is -2.00. The molecule has 0 unspecified atom stereocenters. The predicted octanol–water partition coefficient (Wildman–Crippen LogP) is 1.45. The fourth-order valence-electron chi connectivity index (χ4n) is 1.25. The Balaban J connectivity index is 2.59. The van der Waals surface area contributed by atoms with Crippen LogP contribution in [0.15, 0.2) is 30.3 Å². The maximum Gasteiger partial charge on any atom is 0.166 e. The molecule has 1 aromatic carbocycles. The number of halogens is 1. The molecule has 2 aromatic rings. The lowest BCUT2D eigenvalue weighted by atomic mass is 10.2.